The summed E-state index contributed by atoms with van der Waals surface area (Å²) >= 11 is 0. The number of nitrogens with zero attached hydrogens (tertiary/aromatic N) is 1. The Balaban J connectivity index is 0.000000925. The van der Waals surface area contributed by atoms with Gasteiger partial charge in [-0.05, 0) is 78.5 Å². The first kappa shape index (κ1) is 31.6. The van der Waals surface area contributed by atoms with Gasteiger partial charge in [-0.1, -0.05) is 30.5 Å². The fourth-order valence-electron chi connectivity index (χ4n) is 4.15. The summed E-state index contributed by atoms with van der Waals surface area (Å²) < 4.78 is 24.4. The molecule has 0 unspecified atom stereocenters. The maximum atomic E-state index is 13.7. The zero-order chi connectivity index (χ0) is 26.9. The summed E-state index contributed by atoms with van der Waals surface area (Å²) in [5.74, 6) is 1.18. The second-order valence-electron chi connectivity index (χ2n) is 9.45. The number of aryl methyl sites for hydroxylation is 1. The summed E-state index contributed by atoms with van der Waals surface area (Å²) in [4.78, 5) is 14.1. The molecule has 0 saturated heterocycles. The summed E-state index contributed by atoms with van der Waals surface area (Å²) in [6.07, 6.45) is 3.79. The van der Waals surface area contributed by atoms with Crippen LogP contribution in [0.4, 0.5) is 4.39 Å². The standard InChI is InChI=1S/C27H30FN2O3.C3H6N.W/c1-18-9-22(28)5-6-25(18)27-13-19(15-29)10-21(17-31)26(27)7-8-30(2)16-20-11-23(32-3)14-24(12-20)33-4;4-3-1-2-3;/h5-6,9-14,17,29H,7-8,15-16H2,1-4H3;3-4H,1-2H2;/q2*-1;+2. The van der Waals surface area contributed by atoms with Crippen molar-refractivity contribution >= 4 is 6.29 Å². The Morgan fingerprint density at radius 1 is 1.00 bits per heavy atom. The first-order valence-electron chi connectivity index (χ1n) is 12.4. The van der Waals surface area contributed by atoms with Gasteiger partial charge < -0.3 is 25.8 Å². The van der Waals surface area contributed by atoms with Crippen LogP contribution in [-0.2, 0) is 40.6 Å². The third-order valence-electron chi connectivity index (χ3n) is 6.34. The van der Waals surface area contributed by atoms with Gasteiger partial charge >= 0.3 is 21.1 Å². The molecule has 3 aromatic rings. The fourth-order valence-corrected chi connectivity index (χ4v) is 4.15. The Morgan fingerprint density at radius 2 is 1.63 bits per heavy atom. The van der Waals surface area contributed by atoms with E-state index in [9.17, 15) is 9.18 Å². The average molecular weight is 689 g/mol. The van der Waals surface area contributed by atoms with E-state index >= 15 is 0 Å². The number of likely N-dealkylation sites (N-methyl/N-ethyl adjacent to an activating group) is 1. The van der Waals surface area contributed by atoms with E-state index in [0.717, 1.165) is 64.0 Å². The molecule has 0 spiro atoms. The number of carbonyl (C=O) groups is 1. The summed E-state index contributed by atoms with van der Waals surface area (Å²) in [7, 11) is 5.28. The Bertz CT molecular complexity index is 1200. The normalized spacial score (nSPS) is 12.3. The number of methoxy groups -OCH3 is 2. The van der Waals surface area contributed by atoms with Crippen molar-refractivity contribution in [1.82, 2.24) is 4.90 Å². The molecule has 1 saturated carbocycles. The summed E-state index contributed by atoms with van der Waals surface area (Å²) in [5.41, 5.74) is 20.4. The van der Waals surface area contributed by atoms with E-state index in [1.807, 2.05) is 38.2 Å². The Hall–Kier alpha value is -2.57. The second-order valence-corrected chi connectivity index (χ2v) is 9.45. The van der Waals surface area contributed by atoms with Crippen LogP contribution in [0.25, 0.3) is 22.6 Å². The summed E-state index contributed by atoms with van der Waals surface area (Å²) in [5, 5.41) is 0. The van der Waals surface area contributed by atoms with Gasteiger partial charge in [0.2, 0.25) is 0 Å². The van der Waals surface area contributed by atoms with Crippen molar-refractivity contribution in [3.63, 3.8) is 0 Å². The van der Waals surface area contributed by atoms with Crippen LogP contribution in [0.1, 0.15) is 45.5 Å². The van der Waals surface area contributed by atoms with E-state index in [1.165, 1.54) is 12.1 Å². The van der Waals surface area contributed by atoms with Crippen LogP contribution in [-0.4, -0.2) is 45.0 Å². The average Bonchev–Trinajstić information content (AvgIpc) is 3.69. The van der Waals surface area contributed by atoms with Crippen LogP contribution < -0.4 is 9.47 Å². The molecule has 2 N–H and O–H groups in total. The van der Waals surface area contributed by atoms with Crippen LogP contribution >= 0.6 is 0 Å². The maximum absolute atomic E-state index is 13.7. The number of benzene rings is 3. The Morgan fingerprint density at radius 3 is 2.13 bits per heavy atom. The van der Waals surface area contributed by atoms with E-state index < -0.39 is 0 Å². The van der Waals surface area contributed by atoms with Gasteiger partial charge in [0.1, 0.15) is 23.6 Å². The van der Waals surface area contributed by atoms with Crippen LogP contribution in [0.2, 0.25) is 0 Å². The number of hydrogen-bond acceptors (Lipinski definition) is 4. The molecule has 0 radical (unpaired) electrons. The molecule has 0 aliphatic heterocycles. The Labute approximate surface area is 239 Å². The minimum absolute atomic E-state index is 0. The maximum Gasteiger partial charge on any atom is 2.00 e. The molecule has 1 aliphatic rings. The van der Waals surface area contributed by atoms with E-state index in [4.69, 9.17) is 20.9 Å². The van der Waals surface area contributed by atoms with Gasteiger partial charge in [-0.25, -0.2) is 4.39 Å². The summed E-state index contributed by atoms with van der Waals surface area (Å²) in [6.45, 7) is 3.32. The minimum Gasteiger partial charge on any atom is -0.675 e. The van der Waals surface area contributed by atoms with Crippen LogP contribution in [0.3, 0.4) is 0 Å². The van der Waals surface area contributed by atoms with E-state index in [1.54, 1.807) is 26.4 Å². The first-order valence-corrected chi connectivity index (χ1v) is 12.4. The number of rotatable bonds is 10. The fraction of sp³-hybridized carbons (Fsp3) is 0.367. The van der Waals surface area contributed by atoms with Crippen LogP contribution in [0.15, 0.2) is 48.5 Å². The number of halogens is 1. The van der Waals surface area contributed by atoms with Gasteiger partial charge in [0.15, 0.2) is 0 Å². The van der Waals surface area contributed by atoms with Gasteiger partial charge in [0.05, 0.1) is 14.2 Å². The van der Waals surface area contributed by atoms with Gasteiger partial charge in [-0.2, -0.15) is 0 Å². The quantitative estimate of drug-likeness (QED) is 0.214. The van der Waals surface area contributed by atoms with Gasteiger partial charge in [-0.15, -0.1) is 12.6 Å². The predicted octanol–water partition coefficient (Wildman–Crippen LogP) is 7.06. The van der Waals surface area contributed by atoms with Crippen molar-refractivity contribution in [2.45, 2.75) is 45.3 Å². The predicted molar refractivity (Wildman–Crippen MR) is 147 cm³/mol. The van der Waals surface area contributed by atoms with Crippen LogP contribution in [0.5, 0.6) is 11.5 Å². The number of hydrogen-bond donors (Lipinski definition) is 0. The molecule has 0 amide bonds. The number of ether oxygens (including phenoxy) is 2. The third-order valence-corrected chi connectivity index (χ3v) is 6.34. The monoisotopic (exact) mass is 689 g/mol. The SMILES string of the molecule is COc1cc(CN(C)CCc2c(C=O)cc(C[NH-])cc2-c2ccc(F)cc2C)cc(OC)c1.[NH-]C1CC1.[W+2]. The van der Waals surface area contributed by atoms with Crippen molar-refractivity contribution in [1.29, 1.82) is 0 Å². The molecule has 4 rings (SSSR count). The van der Waals surface area contributed by atoms with Crippen molar-refractivity contribution < 1.29 is 39.7 Å². The molecular formula is C30H36FN3O3W. The van der Waals surface area contributed by atoms with E-state index in [-0.39, 0.29) is 33.4 Å². The smallest absolute Gasteiger partial charge is 0.675 e. The number of carbonyl (C=O) groups excluding carboxylic acids is 1. The molecule has 0 bridgehead atoms. The second kappa shape index (κ2) is 15.1. The molecule has 0 atom stereocenters. The van der Waals surface area contributed by atoms with E-state index in [0.29, 0.717) is 31.1 Å². The van der Waals surface area contributed by atoms with Crippen molar-refractivity contribution in [2.75, 3.05) is 27.8 Å². The van der Waals surface area contributed by atoms with E-state index in [2.05, 4.69) is 4.90 Å². The first-order chi connectivity index (χ1) is 17.8. The zero-order valence-corrected chi connectivity index (χ0v) is 25.4. The number of nitrogens with one attached hydrogen (secondary N) is 2. The molecule has 38 heavy (non-hydrogen) atoms. The molecule has 8 heteroatoms. The molecule has 0 aromatic heterocycles. The molecule has 202 valence electrons. The zero-order valence-electron chi connectivity index (χ0n) is 22.5. The largest absolute Gasteiger partial charge is 2.00 e. The third kappa shape index (κ3) is 9.02. The van der Waals surface area contributed by atoms with Gasteiger partial charge in [0.25, 0.3) is 0 Å². The van der Waals surface area contributed by atoms with Crippen molar-refractivity contribution in [3.05, 3.63) is 93.6 Å². The molecule has 0 heterocycles. The minimum atomic E-state index is -0.293. The molecule has 1 fully saturated rings. The topological polar surface area (TPSA) is 86.4 Å². The molecular weight excluding hydrogens is 653 g/mol. The Kier molecular flexibility index (Phi) is 12.6. The summed E-state index contributed by atoms with van der Waals surface area (Å²) in [6, 6.07) is 14.5. The van der Waals surface area contributed by atoms with Crippen LogP contribution in [0, 0.1) is 12.7 Å². The van der Waals surface area contributed by atoms with Crippen molar-refractivity contribution in [2.24, 2.45) is 0 Å². The molecule has 3 aromatic carbocycles. The van der Waals surface area contributed by atoms with Gasteiger partial charge in [0, 0.05) is 24.7 Å². The molecule has 6 nitrogen and oxygen atoms in total. The van der Waals surface area contributed by atoms with Crippen molar-refractivity contribution in [3.8, 4) is 22.6 Å². The van der Waals surface area contributed by atoms with Gasteiger partial charge in [-0.3, -0.25) is 4.79 Å². The number of aldehydes is 1. The molecule has 1 aliphatic carbocycles.